The van der Waals surface area contributed by atoms with E-state index in [9.17, 15) is 14.9 Å². The molecule has 20 heavy (non-hydrogen) atoms. The van der Waals surface area contributed by atoms with Gasteiger partial charge in [0.1, 0.15) is 6.07 Å². The minimum absolute atomic E-state index is 0.0528. The lowest BCUT2D eigenvalue weighted by Gasteiger charge is -2.05. The number of carbonyl (C=O) groups excluding carboxylic acids is 1. The normalized spacial score (nSPS) is 10.6. The molecule has 0 radical (unpaired) electrons. The Morgan fingerprint density at radius 1 is 1.60 bits per heavy atom. The van der Waals surface area contributed by atoms with Crippen LogP contribution < -0.4 is 5.43 Å². The average molecular weight is 276 g/mol. The molecule has 1 aromatic carbocycles. The fourth-order valence-corrected chi connectivity index (χ4v) is 1.32. The Hall–Kier alpha value is -2.95. The molecule has 104 valence electrons. The van der Waals surface area contributed by atoms with E-state index in [0.717, 1.165) is 0 Å². The van der Waals surface area contributed by atoms with Gasteiger partial charge in [0.15, 0.2) is 0 Å². The Morgan fingerprint density at radius 3 is 2.80 bits per heavy atom. The second-order valence-electron chi connectivity index (χ2n) is 3.66. The first-order valence-electron chi connectivity index (χ1n) is 5.65. The minimum Gasteiger partial charge on any atom is -0.461 e. The number of esters is 1. The van der Waals surface area contributed by atoms with Crippen molar-refractivity contribution in [3.05, 3.63) is 33.9 Å². The number of aryl methyl sites for hydroxylation is 1. The van der Waals surface area contributed by atoms with Crippen LogP contribution >= 0.6 is 0 Å². The van der Waals surface area contributed by atoms with Crippen molar-refractivity contribution < 1.29 is 14.5 Å². The smallest absolute Gasteiger partial charge is 0.369 e. The maximum atomic E-state index is 11.3. The van der Waals surface area contributed by atoms with E-state index < -0.39 is 16.6 Å². The van der Waals surface area contributed by atoms with Crippen molar-refractivity contribution in [2.24, 2.45) is 5.10 Å². The van der Waals surface area contributed by atoms with Crippen molar-refractivity contribution in [1.29, 1.82) is 5.26 Å². The van der Waals surface area contributed by atoms with Gasteiger partial charge < -0.3 is 4.74 Å². The zero-order chi connectivity index (χ0) is 15.1. The van der Waals surface area contributed by atoms with Gasteiger partial charge in [0, 0.05) is 12.1 Å². The van der Waals surface area contributed by atoms with Gasteiger partial charge in [-0.2, -0.15) is 10.4 Å². The minimum atomic E-state index is -0.831. The lowest BCUT2D eigenvalue weighted by molar-refractivity contribution is -0.384. The van der Waals surface area contributed by atoms with Crippen LogP contribution in [0, 0.1) is 28.4 Å². The van der Waals surface area contributed by atoms with E-state index in [4.69, 9.17) is 5.26 Å². The van der Waals surface area contributed by atoms with Gasteiger partial charge in [0.2, 0.25) is 5.71 Å². The summed E-state index contributed by atoms with van der Waals surface area (Å²) >= 11 is 0. The number of nitrogens with zero attached hydrogens (tertiary/aromatic N) is 3. The van der Waals surface area contributed by atoms with Gasteiger partial charge in [-0.25, -0.2) is 4.79 Å². The molecule has 0 aliphatic rings. The number of hydrazone groups is 1. The van der Waals surface area contributed by atoms with Crippen LogP contribution in [0.3, 0.4) is 0 Å². The van der Waals surface area contributed by atoms with Gasteiger partial charge in [0.05, 0.1) is 17.2 Å². The summed E-state index contributed by atoms with van der Waals surface area (Å²) in [4.78, 5) is 21.4. The van der Waals surface area contributed by atoms with Crippen LogP contribution in [0.5, 0.6) is 0 Å². The molecule has 0 spiro atoms. The van der Waals surface area contributed by atoms with E-state index in [1.54, 1.807) is 19.9 Å². The van der Waals surface area contributed by atoms with Gasteiger partial charge in [0.25, 0.3) is 5.69 Å². The second kappa shape index (κ2) is 6.84. The fourth-order valence-electron chi connectivity index (χ4n) is 1.32. The molecule has 0 aliphatic heterocycles. The first kappa shape index (κ1) is 15.1. The first-order valence-corrected chi connectivity index (χ1v) is 5.65. The van der Waals surface area contributed by atoms with Gasteiger partial charge >= 0.3 is 5.97 Å². The Morgan fingerprint density at radius 2 is 2.30 bits per heavy atom. The molecule has 0 heterocycles. The number of nitro benzene ring substituents is 1. The Bertz CT molecular complexity index is 604. The van der Waals surface area contributed by atoms with E-state index in [1.807, 2.05) is 0 Å². The molecule has 0 aromatic heterocycles. The summed E-state index contributed by atoms with van der Waals surface area (Å²) in [5.74, 6) is -0.831. The Labute approximate surface area is 114 Å². The Kier molecular flexibility index (Phi) is 5.17. The first-order chi connectivity index (χ1) is 9.49. The number of non-ortho nitro benzene ring substituents is 1. The Balaban J connectivity index is 2.91. The zero-order valence-corrected chi connectivity index (χ0v) is 10.9. The number of nitrogens with one attached hydrogen (secondary N) is 1. The average Bonchev–Trinajstić information content (AvgIpc) is 2.41. The molecule has 0 fully saturated rings. The molecule has 0 atom stereocenters. The number of carbonyl (C=O) groups is 1. The summed E-state index contributed by atoms with van der Waals surface area (Å²) in [5, 5.41) is 23.0. The van der Waals surface area contributed by atoms with Crippen molar-refractivity contribution in [2.45, 2.75) is 13.8 Å². The van der Waals surface area contributed by atoms with Crippen molar-refractivity contribution in [2.75, 3.05) is 12.0 Å². The van der Waals surface area contributed by atoms with Crippen molar-refractivity contribution in [1.82, 2.24) is 0 Å². The lowest BCUT2D eigenvalue weighted by Crippen LogP contribution is -2.17. The molecule has 1 N–H and O–H groups in total. The maximum absolute atomic E-state index is 11.3. The summed E-state index contributed by atoms with van der Waals surface area (Å²) in [6.45, 7) is 3.39. The molecule has 0 unspecified atom stereocenters. The van der Waals surface area contributed by atoms with Gasteiger partial charge in [-0.05, 0) is 25.5 Å². The highest BCUT2D eigenvalue weighted by atomic mass is 16.6. The maximum Gasteiger partial charge on any atom is 0.369 e. The highest BCUT2D eigenvalue weighted by molar-refractivity contribution is 6.43. The third-order valence-corrected chi connectivity index (χ3v) is 2.28. The number of ether oxygens (including phenoxy) is 1. The standard InChI is InChI=1S/C12H12N4O4/c1-3-20-12(17)11(7-13)15-14-10-5-4-9(16(18)19)6-8(10)2/h4-6,14H,3H2,1-2H3. The van der Waals surface area contributed by atoms with E-state index in [0.29, 0.717) is 11.3 Å². The quantitative estimate of drug-likeness (QED) is 0.379. The van der Waals surface area contributed by atoms with E-state index in [-0.39, 0.29) is 12.3 Å². The van der Waals surface area contributed by atoms with Crippen LogP contribution in [0.1, 0.15) is 12.5 Å². The number of rotatable bonds is 5. The number of benzene rings is 1. The summed E-state index contributed by atoms with van der Waals surface area (Å²) in [7, 11) is 0. The predicted octanol–water partition coefficient (Wildman–Crippen LogP) is 1.76. The predicted molar refractivity (Wildman–Crippen MR) is 71.1 cm³/mol. The molecule has 0 saturated carbocycles. The van der Waals surface area contributed by atoms with Crippen LogP contribution in [0.2, 0.25) is 0 Å². The number of hydrogen-bond acceptors (Lipinski definition) is 7. The van der Waals surface area contributed by atoms with Crippen molar-refractivity contribution in [3.8, 4) is 6.07 Å². The van der Waals surface area contributed by atoms with E-state index in [2.05, 4.69) is 15.3 Å². The van der Waals surface area contributed by atoms with Crippen LogP contribution in [-0.4, -0.2) is 23.2 Å². The molecule has 1 aromatic rings. The van der Waals surface area contributed by atoms with Gasteiger partial charge in [-0.3, -0.25) is 15.5 Å². The summed E-state index contributed by atoms with van der Waals surface area (Å²) in [5.41, 5.74) is 3.04. The lowest BCUT2D eigenvalue weighted by atomic mass is 10.2. The topological polar surface area (TPSA) is 118 Å². The molecular weight excluding hydrogens is 264 g/mol. The SMILES string of the molecule is CCOC(=O)C(C#N)=NNc1ccc([N+](=O)[O-])cc1C. The van der Waals surface area contributed by atoms with Crippen LogP contribution in [0.15, 0.2) is 23.3 Å². The molecule has 0 saturated heterocycles. The zero-order valence-electron chi connectivity index (χ0n) is 10.9. The summed E-state index contributed by atoms with van der Waals surface area (Å²) in [6, 6.07) is 5.70. The van der Waals surface area contributed by atoms with Crippen LogP contribution in [0.25, 0.3) is 0 Å². The molecule has 0 amide bonds. The van der Waals surface area contributed by atoms with Crippen LogP contribution in [0.4, 0.5) is 11.4 Å². The molecule has 8 heteroatoms. The van der Waals surface area contributed by atoms with Gasteiger partial charge in [-0.1, -0.05) is 0 Å². The molecule has 1 rings (SSSR count). The van der Waals surface area contributed by atoms with E-state index in [1.165, 1.54) is 18.2 Å². The summed E-state index contributed by atoms with van der Waals surface area (Å²) in [6.07, 6.45) is 0. The largest absolute Gasteiger partial charge is 0.461 e. The van der Waals surface area contributed by atoms with Gasteiger partial charge in [-0.15, -0.1) is 0 Å². The number of anilines is 1. The third-order valence-electron chi connectivity index (χ3n) is 2.28. The van der Waals surface area contributed by atoms with Crippen LogP contribution in [-0.2, 0) is 9.53 Å². The molecule has 0 aliphatic carbocycles. The molecular formula is C12H12N4O4. The fraction of sp³-hybridized carbons (Fsp3) is 0.250. The highest BCUT2D eigenvalue weighted by Crippen LogP contribution is 2.21. The number of nitro groups is 1. The molecule has 8 nitrogen and oxygen atoms in total. The van der Waals surface area contributed by atoms with Crippen molar-refractivity contribution >= 4 is 23.1 Å². The monoisotopic (exact) mass is 276 g/mol. The molecule has 0 bridgehead atoms. The number of nitriles is 1. The second-order valence-corrected chi connectivity index (χ2v) is 3.66. The third kappa shape index (κ3) is 3.78. The van der Waals surface area contributed by atoms with Crippen molar-refractivity contribution in [3.63, 3.8) is 0 Å². The number of hydrogen-bond donors (Lipinski definition) is 1. The summed E-state index contributed by atoms with van der Waals surface area (Å²) < 4.78 is 4.64. The van der Waals surface area contributed by atoms with E-state index >= 15 is 0 Å². The highest BCUT2D eigenvalue weighted by Gasteiger charge is 2.12.